The molecule has 2 fully saturated rings. The van der Waals surface area contributed by atoms with Gasteiger partial charge in [0.25, 0.3) is 0 Å². The molecule has 4 nitrogen and oxygen atoms in total. The highest BCUT2D eigenvalue weighted by atomic mass is 19.1. The van der Waals surface area contributed by atoms with E-state index >= 15 is 4.39 Å². The molecule has 260 valence electrons. The number of carbonyl (C=O) groups excluding carboxylic acids is 1. The van der Waals surface area contributed by atoms with Crippen LogP contribution in [0.3, 0.4) is 0 Å². The summed E-state index contributed by atoms with van der Waals surface area (Å²) in [5.41, 5.74) is 4.19. The van der Waals surface area contributed by atoms with E-state index in [1.54, 1.807) is 13.0 Å². The minimum absolute atomic E-state index is 0.112. The average molecular weight is 656 g/mol. The Morgan fingerprint density at radius 1 is 0.958 bits per heavy atom. The smallest absolute Gasteiger partial charge is 0.223 e. The van der Waals surface area contributed by atoms with E-state index in [9.17, 15) is 15.0 Å². The number of nitrogens with zero attached hydrogens (tertiary/aromatic N) is 1. The molecule has 0 spiro atoms. The standard InChI is InChI=1S/C43H58FNO3/c1-4-5-6-7-8-14-25-45(29(2)46)39-23-19-30-15-12-13-17-34(30)36(39)18-11-9-10-16-31-26-32-27-33(47)20-21-35(32)42-38(44)28-43(3)37(41(31)42)22-24-40(43)48/h12-13,15,17,19-21,23,27,31,37-38,40-42,47-48H,4-11,14,16,18,22,24-26,28H2,1-3H3/t31?,37?,38?,40?,41?,42?,43-/m0/s1. The number of aromatic hydroxyl groups is 1. The van der Waals surface area contributed by atoms with Crippen LogP contribution in [-0.2, 0) is 17.6 Å². The van der Waals surface area contributed by atoms with Crippen molar-refractivity contribution < 1.29 is 19.4 Å². The van der Waals surface area contributed by atoms with Gasteiger partial charge in [0.2, 0.25) is 5.91 Å². The van der Waals surface area contributed by atoms with Crippen LogP contribution in [0.4, 0.5) is 10.1 Å². The summed E-state index contributed by atoms with van der Waals surface area (Å²) in [6.45, 7) is 6.84. The molecule has 6 rings (SSSR count). The van der Waals surface area contributed by atoms with Crippen LogP contribution in [0.5, 0.6) is 5.75 Å². The van der Waals surface area contributed by atoms with Gasteiger partial charge in [-0.1, -0.05) is 95.2 Å². The van der Waals surface area contributed by atoms with Crippen molar-refractivity contribution in [2.45, 2.75) is 135 Å². The Balaban J connectivity index is 1.15. The van der Waals surface area contributed by atoms with Gasteiger partial charge in [0, 0.05) is 25.1 Å². The first kappa shape index (κ1) is 34.9. The Hall–Kier alpha value is -2.92. The molecule has 2 saturated carbocycles. The maximum atomic E-state index is 16.2. The van der Waals surface area contributed by atoms with E-state index in [-0.39, 0.29) is 28.9 Å². The maximum Gasteiger partial charge on any atom is 0.223 e. The lowest BCUT2D eigenvalue weighted by Gasteiger charge is -2.54. The summed E-state index contributed by atoms with van der Waals surface area (Å²) in [5.74, 6) is 1.13. The first-order valence-electron chi connectivity index (χ1n) is 19.2. The van der Waals surface area contributed by atoms with Gasteiger partial charge in [-0.2, -0.15) is 0 Å². The Labute approximate surface area is 288 Å². The van der Waals surface area contributed by atoms with Gasteiger partial charge in [0.15, 0.2) is 0 Å². The van der Waals surface area contributed by atoms with Gasteiger partial charge < -0.3 is 15.1 Å². The molecule has 0 radical (unpaired) electrons. The molecule has 0 heterocycles. The lowest BCUT2D eigenvalue weighted by atomic mass is 9.51. The Morgan fingerprint density at radius 3 is 2.54 bits per heavy atom. The third-order valence-electron chi connectivity index (χ3n) is 12.7. The topological polar surface area (TPSA) is 60.8 Å². The highest BCUT2D eigenvalue weighted by Gasteiger charge is 2.59. The summed E-state index contributed by atoms with van der Waals surface area (Å²) in [5, 5.41) is 23.8. The number of unbranched alkanes of at least 4 members (excludes halogenated alkanes) is 7. The third-order valence-corrected chi connectivity index (χ3v) is 12.7. The quantitative estimate of drug-likeness (QED) is 0.170. The van der Waals surface area contributed by atoms with Crippen LogP contribution in [0.2, 0.25) is 0 Å². The number of aliphatic hydroxyl groups is 1. The number of phenols is 1. The predicted octanol–water partition coefficient (Wildman–Crippen LogP) is 10.5. The molecule has 0 aromatic heterocycles. The SMILES string of the molecule is CCCCCCCCN(C(C)=O)c1ccc2ccccc2c1CCCCCC1Cc2cc(O)ccc2C2C(F)C[C@]3(C)C(O)CCC3C12. The maximum absolute atomic E-state index is 16.2. The number of carbonyl (C=O) groups is 1. The van der Waals surface area contributed by atoms with E-state index in [4.69, 9.17) is 0 Å². The van der Waals surface area contributed by atoms with Gasteiger partial charge in [-0.25, -0.2) is 4.39 Å². The largest absolute Gasteiger partial charge is 0.508 e. The fourth-order valence-electron chi connectivity index (χ4n) is 10.3. The molecule has 0 saturated heterocycles. The summed E-state index contributed by atoms with van der Waals surface area (Å²) in [6, 6.07) is 18.5. The summed E-state index contributed by atoms with van der Waals surface area (Å²) in [6.07, 6.45) is 14.0. The number of phenolic OH excluding ortho intramolecular Hbond substituents is 1. The van der Waals surface area contributed by atoms with Crippen LogP contribution in [0.15, 0.2) is 54.6 Å². The summed E-state index contributed by atoms with van der Waals surface area (Å²) in [7, 11) is 0. The van der Waals surface area contributed by atoms with Gasteiger partial charge in [-0.15, -0.1) is 0 Å². The predicted molar refractivity (Wildman–Crippen MR) is 195 cm³/mol. The highest BCUT2D eigenvalue weighted by Crippen LogP contribution is 2.63. The summed E-state index contributed by atoms with van der Waals surface area (Å²) >= 11 is 0. The molecular formula is C43H58FNO3. The van der Waals surface area contributed by atoms with Gasteiger partial charge in [-0.05, 0) is 120 Å². The third kappa shape index (κ3) is 7.04. The number of anilines is 1. The van der Waals surface area contributed by atoms with Crippen molar-refractivity contribution in [3.05, 3.63) is 71.3 Å². The second-order valence-electron chi connectivity index (χ2n) is 15.7. The van der Waals surface area contributed by atoms with E-state index in [1.165, 1.54) is 42.0 Å². The van der Waals surface area contributed by atoms with Crippen molar-refractivity contribution in [2.24, 2.45) is 23.2 Å². The lowest BCUT2D eigenvalue weighted by molar-refractivity contribution is -0.116. The number of hydrogen-bond donors (Lipinski definition) is 2. The Kier molecular flexibility index (Phi) is 11.1. The number of rotatable bonds is 14. The van der Waals surface area contributed by atoms with Crippen molar-refractivity contribution in [3.63, 3.8) is 0 Å². The molecule has 48 heavy (non-hydrogen) atoms. The zero-order valence-electron chi connectivity index (χ0n) is 29.6. The highest BCUT2D eigenvalue weighted by molar-refractivity contribution is 5.98. The minimum atomic E-state index is -0.972. The second kappa shape index (κ2) is 15.3. The van der Waals surface area contributed by atoms with Crippen LogP contribution in [0.1, 0.15) is 127 Å². The van der Waals surface area contributed by atoms with Gasteiger partial charge >= 0.3 is 0 Å². The molecule has 3 aromatic rings. The van der Waals surface area contributed by atoms with E-state index < -0.39 is 12.3 Å². The van der Waals surface area contributed by atoms with Crippen molar-refractivity contribution >= 4 is 22.4 Å². The molecule has 0 bridgehead atoms. The van der Waals surface area contributed by atoms with Crippen molar-refractivity contribution in [3.8, 4) is 5.75 Å². The fraction of sp³-hybridized carbons (Fsp3) is 0.605. The summed E-state index contributed by atoms with van der Waals surface area (Å²) < 4.78 is 16.2. The molecule has 5 heteroatoms. The van der Waals surface area contributed by atoms with Crippen LogP contribution >= 0.6 is 0 Å². The van der Waals surface area contributed by atoms with Gasteiger partial charge in [-0.3, -0.25) is 4.79 Å². The number of alkyl halides is 1. The molecule has 2 N–H and O–H groups in total. The van der Waals surface area contributed by atoms with Crippen LogP contribution in [0.25, 0.3) is 10.8 Å². The molecule has 1 amide bonds. The van der Waals surface area contributed by atoms with Gasteiger partial charge in [0.05, 0.1) is 6.10 Å². The first-order chi connectivity index (χ1) is 23.2. The van der Waals surface area contributed by atoms with Gasteiger partial charge in [0.1, 0.15) is 11.9 Å². The molecule has 0 aliphatic heterocycles. The molecule has 3 aliphatic rings. The first-order valence-corrected chi connectivity index (χ1v) is 19.2. The molecule has 3 aromatic carbocycles. The van der Waals surface area contributed by atoms with Crippen LogP contribution < -0.4 is 4.90 Å². The second-order valence-corrected chi connectivity index (χ2v) is 15.7. The zero-order valence-corrected chi connectivity index (χ0v) is 29.6. The molecule has 7 atom stereocenters. The fourth-order valence-corrected chi connectivity index (χ4v) is 10.3. The average Bonchev–Trinajstić information content (AvgIpc) is 3.36. The van der Waals surface area contributed by atoms with E-state index in [0.717, 1.165) is 87.6 Å². The number of hydrogen-bond acceptors (Lipinski definition) is 3. The van der Waals surface area contributed by atoms with E-state index in [0.29, 0.717) is 18.3 Å². The number of fused-ring (bicyclic) bond motifs is 6. The molecule has 3 aliphatic carbocycles. The summed E-state index contributed by atoms with van der Waals surface area (Å²) in [4.78, 5) is 15.0. The van der Waals surface area contributed by atoms with E-state index in [1.807, 2.05) is 17.0 Å². The minimum Gasteiger partial charge on any atom is -0.508 e. The van der Waals surface area contributed by atoms with Crippen molar-refractivity contribution in [2.75, 3.05) is 11.4 Å². The van der Waals surface area contributed by atoms with Crippen LogP contribution in [0, 0.1) is 23.2 Å². The monoisotopic (exact) mass is 655 g/mol. The number of aryl methyl sites for hydroxylation is 1. The van der Waals surface area contributed by atoms with Crippen LogP contribution in [-0.4, -0.2) is 34.9 Å². The molecule has 6 unspecified atom stereocenters. The normalized spacial score (nSPS) is 27.8. The molecular weight excluding hydrogens is 597 g/mol. The van der Waals surface area contributed by atoms with Crippen molar-refractivity contribution in [1.82, 2.24) is 0 Å². The number of halogens is 1. The Morgan fingerprint density at radius 2 is 1.73 bits per heavy atom. The number of amides is 1. The lowest BCUT2D eigenvalue weighted by Crippen LogP contribution is -2.51. The number of aliphatic hydroxyl groups excluding tert-OH is 1. The number of benzene rings is 3. The van der Waals surface area contributed by atoms with Crippen molar-refractivity contribution in [1.29, 1.82) is 0 Å². The van der Waals surface area contributed by atoms with E-state index in [2.05, 4.69) is 50.2 Å². The zero-order chi connectivity index (χ0) is 33.8. The Bertz CT molecular complexity index is 1550.